The number of piperidine rings is 1. The zero-order valence-corrected chi connectivity index (χ0v) is 24.2. The van der Waals surface area contributed by atoms with Crippen LogP contribution in [-0.4, -0.2) is 96.2 Å². The van der Waals surface area contributed by atoms with E-state index in [1.807, 2.05) is 0 Å². The van der Waals surface area contributed by atoms with Crippen molar-refractivity contribution in [3.05, 3.63) is 35.5 Å². The van der Waals surface area contributed by atoms with Gasteiger partial charge in [0.25, 0.3) is 0 Å². The number of likely N-dealkylation sites (N-methyl/N-ethyl adjacent to an activating group) is 1. The van der Waals surface area contributed by atoms with Gasteiger partial charge in [-0.15, -0.1) is 0 Å². The van der Waals surface area contributed by atoms with Crippen molar-refractivity contribution < 1.29 is 44.7 Å². The van der Waals surface area contributed by atoms with Crippen molar-refractivity contribution in [2.24, 2.45) is 5.92 Å². The summed E-state index contributed by atoms with van der Waals surface area (Å²) in [5, 5.41) is 48.5. The van der Waals surface area contributed by atoms with Crippen molar-refractivity contribution in [1.29, 1.82) is 0 Å². The molecule has 1 saturated carbocycles. The highest BCUT2D eigenvalue weighted by atomic mass is 16.4. The maximum Gasteiger partial charge on any atom is 0.336 e. The van der Waals surface area contributed by atoms with Gasteiger partial charge in [-0.25, -0.2) is 4.79 Å². The highest BCUT2D eigenvalue weighted by molar-refractivity contribution is 5.90. The summed E-state index contributed by atoms with van der Waals surface area (Å²) in [6.07, 6.45) is 4.34. The number of carboxylic acid groups (broad SMARTS) is 3. The number of aliphatic hydroxyl groups excluding tert-OH is 1. The molecule has 2 fully saturated rings. The van der Waals surface area contributed by atoms with Crippen LogP contribution in [0.2, 0.25) is 0 Å². The Morgan fingerprint density at radius 2 is 1.74 bits per heavy atom. The van der Waals surface area contributed by atoms with Crippen LogP contribution in [0.1, 0.15) is 75.5 Å². The number of aliphatic hydroxyl groups is 2. The predicted octanol–water partition coefficient (Wildman–Crippen LogP) is 1.96. The molecule has 230 valence electrons. The Morgan fingerprint density at radius 3 is 2.29 bits per heavy atom. The lowest BCUT2D eigenvalue weighted by Crippen LogP contribution is -2.53. The van der Waals surface area contributed by atoms with Crippen molar-refractivity contribution in [2.45, 2.75) is 94.5 Å². The number of benzene rings is 1. The summed E-state index contributed by atoms with van der Waals surface area (Å²) >= 11 is 0. The standard InChI is InChI=1S/C24H33N3O2.C6H8O7/c1-14(2)27-13-15-11-21-18(17-6-4-8-20(27)23(15)17)10-16(12-26(21)3)24(29)25-19-7-5-9-22(19)28;7-3(8)1-6(13,5(11)12)2-4(9)10/h4,6,8,13-14,16,18-19,21-22,28H,5,7,9-12H2,1-3H3,(H,25,29);13H,1-2H2,(H,7,8)(H,9,10)(H,11,12)/t16?,18?,19-,21-,22+;/m1./s1. The van der Waals surface area contributed by atoms with Crippen molar-refractivity contribution in [3.8, 4) is 0 Å². The van der Waals surface area contributed by atoms with Crippen molar-refractivity contribution in [1.82, 2.24) is 14.8 Å². The molecule has 1 aromatic heterocycles. The number of aromatic nitrogens is 1. The van der Waals surface area contributed by atoms with Crippen LogP contribution in [0.3, 0.4) is 0 Å². The Labute approximate surface area is 243 Å². The summed E-state index contributed by atoms with van der Waals surface area (Å²) in [6.45, 7) is 5.28. The Hall–Kier alpha value is -3.48. The van der Waals surface area contributed by atoms with Crippen LogP contribution >= 0.6 is 0 Å². The number of carboxylic acids is 3. The van der Waals surface area contributed by atoms with Crippen LogP contribution in [0, 0.1) is 5.92 Å². The number of amides is 1. The van der Waals surface area contributed by atoms with E-state index in [0.29, 0.717) is 18.0 Å². The van der Waals surface area contributed by atoms with Crippen LogP contribution in [-0.2, 0) is 25.6 Å². The van der Waals surface area contributed by atoms with Gasteiger partial charge in [0.1, 0.15) is 0 Å². The lowest BCUT2D eigenvalue weighted by atomic mass is 9.72. The van der Waals surface area contributed by atoms with Gasteiger partial charge in [0.15, 0.2) is 5.60 Å². The molecule has 5 rings (SSSR count). The number of carbonyl (C=O) groups is 4. The molecule has 42 heavy (non-hydrogen) atoms. The average molecular weight is 588 g/mol. The Morgan fingerprint density at radius 1 is 1.07 bits per heavy atom. The number of nitrogens with one attached hydrogen (secondary N) is 1. The number of hydrogen-bond acceptors (Lipinski definition) is 7. The summed E-state index contributed by atoms with van der Waals surface area (Å²) in [6, 6.07) is 7.53. The van der Waals surface area contributed by atoms with Crippen LogP contribution < -0.4 is 5.32 Å². The van der Waals surface area contributed by atoms with Crippen LogP contribution in [0.5, 0.6) is 0 Å². The number of hydrogen-bond donors (Lipinski definition) is 6. The predicted molar refractivity (Wildman–Crippen MR) is 152 cm³/mol. The second-order valence-electron chi connectivity index (χ2n) is 12.2. The molecule has 0 bridgehead atoms. The van der Waals surface area contributed by atoms with Crippen LogP contribution in [0.15, 0.2) is 24.4 Å². The monoisotopic (exact) mass is 587 g/mol. The SMILES string of the molecule is CC(C)n1cc2c3c(cccc31)C1CC(C(=O)N[C@@H]3CCC[C@@H]3O)CN(C)[C@@H]1C2.O=C(O)CC(O)(CC(=O)O)C(=O)O. The van der Waals surface area contributed by atoms with E-state index in [2.05, 4.69) is 60.1 Å². The minimum absolute atomic E-state index is 0.0157. The largest absolute Gasteiger partial charge is 0.481 e. The van der Waals surface area contributed by atoms with Gasteiger partial charge in [0.2, 0.25) is 5.91 Å². The van der Waals surface area contributed by atoms with Gasteiger partial charge in [0.05, 0.1) is 30.9 Å². The Balaban J connectivity index is 0.000000266. The zero-order chi connectivity index (χ0) is 30.9. The molecule has 2 unspecified atom stereocenters. The first-order chi connectivity index (χ1) is 19.7. The number of rotatable bonds is 8. The summed E-state index contributed by atoms with van der Waals surface area (Å²) in [5.41, 5.74) is 1.46. The van der Waals surface area contributed by atoms with Gasteiger partial charge in [-0.3, -0.25) is 14.4 Å². The third-order valence-electron chi connectivity index (χ3n) is 8.89. The van der Waals surface area contributed by atoms with Gasteiger partial charge in [-0.05, 0) is 70.2 Å². The van der Waals surface area contributed by atoms with E-state index in [0.717, 1.165) is 38.6 Å². The van der Waals surface area contributed by atoms with Crippen molar-refractivity contribution in [3.63, 3.8) is 0 Å². The lowest BCUT2D eigenvalue weighted by Gasteiger charge is -2.45. The number of aliphatic carboxylic acids is 3. The topological polar surface area (TPSA) is 190 Å². The van der Waals surface area contributed by atoms with Gasteiger partial charge in [-0.2, -0.15) is 0 Å². The summed E-state index contributed by atoms with van der Waals surface area (Å²) < 4.78 is 2.40. The average Bonchev–Trinajstić information content (AvgIpc) is 3.48. The molecule has 2 aliphatic carbocycles. The minimum atomic E-state index is -2.74. The molecule has 12 heteroatoms. The number of carbonyl (C=O) groups excluding carboxylic acids is 1. The minimum Gasteiger partial charge on any atom is -0.481 e. The first-order valence-electron chi connectivity index (χ1n) is 14.4. The third kappa shape index (κ3) is 6.45. The molecular weight excluding hydrogens is 546 g/mol. The van der Waals surface area contributed by atoms with Crippen LogP contribution in [0.25, 0.3) is 10.9 Å². The molecule has 1 aliphatic heterocycles. The summed E-state index contributed by atoms with van der Waals surface area (Å²) in [5.74, 6) is -4.52. The fraction of sp³-hybridized carbons (Fsp3) is 0.600. The third-order valence-corrected chi connectivity index (χ3v) is 8.89. The fourth-order valence-electron chi connectivity index (χ4n) is 6.81. The van der Waals surface area contributed by atoms with Crippen molar-refractivity contribution >= 4 is 34.7 Å². The first-order valence-corrected chi connectivity index (χ1v) is 14.4. The smallest absolute Gasteiger partial charge is 0.336 e. The second-order valence-corrected chi connectivity index (χ2v) is 12.2. The maximum atomic E-state index is 13.0. The van der Waals surface area contributed by atoms with E-state index in [-0.39, 0.29) is 24.0 Å². The molecule has 5 atom stereocenters. The van der Waals surface area contributed by atoms with E-state index < -0.39 is 36.4 Å². The number of nitrogens with zero attached hydrogens (tertiary/aromatic N) is 2. The van der Waals surface area contributed by atoms with Crippen molar-refractivity contribution in [2.75, 3.05) is 13.6 Å². The molecule has 0 radical (unpaired) electrons. The molecule has 1 saturated heterocycles. The molecule has 2 aromatic rings. The molecule has 12 nitrogen and oxygen atoms in total. The van der Waals surface area contributed by atoms with Gasteiger partial charge in [-0.1, -0.05) is 12.1 Å². The normalized spacial score (nSPS) is 25.4. The molecule has 3 aliphatic rings. The molecule has 6 N–H and O–H groups in total. The molecule has 2 heterocycles. The van der Waals surface area contributed by atoms with E-state index in [4.69, 9.17) is 20.4 Å². The molecular formula is C30H41N3O9. The van der Waals surface area contributed by atoms with E-state index in [9.17, 15) is 24.3 Å². The van der Waals surface area contributed by atoms with Gasteiger partial charge < -0.3 is 40.3 Å². The quantitative estimate of drug-likeness (QED) is 0.266. The summed E-state index contributed by atoms with van der Waals surface area (Å²) in [4.78, 5) is 45.9. The lowest BCUT2D eigenvalue weighted by molar-refractivity contribution is -0.170. The van der Waals surface area contributed by atoms with Crippen LogP contribution in [0.4, 0.5) is 0 Å². The Bertz CT molecular complexity index is 1340. The maximum absolute atomic E-state index is 13.0. The summed E-state index contributed by atoms with van der Waals surface area (Å²) in [7, 11) is 2.17. The molecule has 1 amide bonds. The van der Waals surface area contributed by atoms with E-state index in [1.165, 1.54) is 22.0 Å². The molecule has 1 aromatic carbocycles. The van der Waals surface area contributed by atoms with Gasteiger partial charge >= 0.3 is 17.9 Å². The van der Waals surface area contributed by atoms with E-state index in [1.54, 1.807) is 0 Å². The number of fused-ring (bicyclic) bond motifs is 2. The zero-order valence-electron chi connectivity index (χ0n) is 24.2. The fourth-order valence-corrected chi connectivity index (χ4v) is 6.81. The first kappa shape index (κ1) is 31.5. The van der Waals surface area contributed by atoms with Gasteiger partial charge in [0, 0.05) is 41.6 Å². The second kappa shape index (κ2) is 12.4. The van der Waals surface area contributed by atoms with E-state index >= 15 is 0 Å². The highest BCUT2D eigenvalue weighted by Crippen LogP contribution is 2.45. The highest BCUT2D eigenvalue weighted by Gasteiger charge is 2.43. The molecule has 0 spiro atoms. The Kier molecular flexibility index (Phi) is 9.29. The number of likely N-dealkylation sites (tertiary alicyclic amines) is 1.